The first-order valence-corrected chi connectivity index (χ1v) is 15.7. The van der Waals surface area contributed by atoms with Gasteiger partial charge in [0.1, 0.15) is 35.0 Å². The molecular weight excluding hydrogens is 623 g/mol. The van der Waals surface area contributed by atoms with Crippen LogP contribution in [0.5, 0.6) is 0 Å². The highest BCUT2D eigenvalue weighted by Crippen LogP contribution is 2.41. The molecule has 230 valence electrons. The Hall–Kier alpha value is -3.97. The van der Waals surface area contributed by atoms with E-state index in [2.05, 4.69) is 42.9 Å². The number of aromatic nitrogens is 5. The van der Waals surface area contributed by atoms with Gasteiger partial charge in [0.2, 0.25) is 5.16 Å². The van der Waals surface area contributed by atoms with Gasteiger partial charge in [-0.25, -0.2) is 19.3 Å². The molecule has 0 radical (unpaired) electrons. The van der Waals surface area contributed by atoms with Crippen LogP contribution in [0.25, 0.3) is 0 Å². The van der Waals surface area contributed by atoms with Gasteiger partial charge in [0, 0.05) is 23.9 Å². The van der Waals surface area contributed by atoms with E-state index in [1.807, 2.05) is 6.92 Å². The molecule has 2 aliphatic rings. The number of ether oxygens (including phenoxy) is 1. The van der Waals surface area contributed by atoms with Gasteiger partial charge in [0.15, 0.2) is 10.8 Å². The lowest BCUT2D eigenvalue weighted by Gasteiger charge is -2.49. The number of amides is 3. The third-order valence-electron chi connectivity index (χ3n) is 6.23. The molecule has 0 bridgehead atoms. The number of carbonyl (C=O) groups is 4. The van der Waals surface area contributed by atoms with Gasteiger partial charge in [0.25, 0.3) is 11.8 Å². The van der Waals surface area contributed by atoms with Crippen LogP contribution in [0.1, 0.15) is 32.9 Å². The number of aryl methyl sites for hydroxylation is 1. The summed E-state index contributed by atoms with van der Waals surface area (Å²) >= 11 is 3.61. The Balaban J connectivity index is 1.47. The maximum atomic E-state index is 13.3. The molecule has 0 aromatic carbocycles. The molecule has 0 spiro atoms. The first-order valence-electron chi connectivity index (χ1n) is 12.8. The number of carbonyl (C=O) groups excluding carboxylic acids is 3. The zero-order valence-corrected chi connectivity index (χ0v) is 26.0. The lowest BCUT2D eigenvalue weighted by Crippen LogP contribution is -2.71. The molecule has 0 saturated carbocycles. The molecule has 19 heteroatoms. The Bertz CT molecular complexity index is 1490. The molecular formula is C24H29N9O7S3. The van der Waals surface area contributed by atoms with Crippen molar-refractivity contribution < 1.29 is 33.9 Å². The van der Waals surface area contributed by atoms with E-state index in [1.54, 1.807) is 20.9 Å². The van der Waals surface area contributed by atoms with Crippen molar-refractivity contribution in [3.63, 3.8) is 0 Å². The zero-order chi connectivity index (χ0) is 31.3. The van der Waals surface area contributed by atoms with E-state index < -0.39 is 40.9 Å². The number of hydrogen-bond donors (Lipinski definition) is 3. The van der Waals surface area contributed by atoms with Crippen LogP contribution in [-0.4, -0.2) is 99.9 Å². The third-order valence-corrected chi connectivity index (χ3v) is 9.43. The predicted molar refractivity (Wildman–Crippen MR) is 158 cm³/mol. The number of anilines is 1. The molecule has 2 atom stereocenters. The number of thioether (sulfide) groups is 2. The summed E-state index contributed by atoms with van der Waals surface area (Å²) in [5.41, 5.74) is -0.440. The predicted octanol–water partition coefficient (Wildman–Crippen LogP) is 1.84. The molecule has 1 unspecified atom stereocenters. The van der Waals surface area contributed by atoms with E-state index in [4.69, 9.17) is 9.57 Å². The van der Waals surface area contributed by atoms with Gasteiger partial charge in [-0.2, -0.15) is 0 Å². The van der Waals surface area contributed by atoms with Crippen LogP contribution in [0.4, 0.5) is 9.93 Å². The smallest absolute Gasteiger partial charge is 0.413 e. The summed E-state index contributed by atoms with van der Waals surface area (Å²) in [6, 6.07) is -1.02. The number of carboxylic acid groups (broad SMARTS) is 1. The van der Waals surface area contributed by atoms with E-state index >= 15 is 0 Å². The van der Waals surface area contributed by atoms with Crippen LogP contribution in [0.3, 0.4) is 0 Å². The molecule has 4 rings (SSSR count). The average molecular weight is 652 g/mol. The van der Waals surface area contributed by atoms with Crippen molar-refractivity contribution in [3.8, 4) is 0 Å². The normalized spacial score (nSPS) is 18.5. The molecule has 43 heavy (non-hydrogen) atoms. The molecule has 3 N–H and O–H groups in total. The lowest BCUT2D eigenvalue weighted by atomic mass is 10.0. The number of nitrogens with one attached hydrogen (secondary N) is 2. The minimum atomic E-state index is -1.25. The van der Waals surface area contributed by atoms with Gasteiger partial charge in [-0.3, -0.25) is 19.8 Å². The van der Waals surface area contributed by atoms with Crippen LogP contribution in [0, 0.1) is 0 Å². The lowest BCUT2D eigenvalue weighted by molar-refractivity contribution is -0.150. The van der Waals surface area contributed by atoms with Crippen molar-refractivity contribution in [2.45, 2.75) is 49.4 Å². The molecule has 1 saturated heterocycles. The fourth-order valence-electron chi connectivity index (χ4n) is 3.73. The van der Waals surface area contributed by atoms with E-state index in [0.29, 0.717) is 22.9 Å². The van der Waals surface area contributed by atoms with Gasteiger partial charge in [-0.05, 0) is 36.3 Å². The fraction of sp³-hybridized carbons (Fsp3) is 0.458. The maximum absolute atomic E-state index is 13.3. The highest BCUT2D eigenvalue weighted by Gasteiger charge is 2.54. The fourth-order valence-corrected chi connectivity index (χ4v) is 6.75. The van der Waals surface area contributed by atoms with Gasteiger partial charge in [0.05, 0.1) is 0 Å². The van der Waals surface area contributed by atoms with Crippen molar-refractivity contribution in [2.75, 3.05) is 23.4 Å². The molecule has 0 aliphatic carbocycles. The van der Waals surface area contributed by atoms with E-state index in [1.165, 1.54) is 44.6 Å². The summed E-state index contributed by atoms with van der Waals surface area (Å²) in [5.74, 6) is -2.03. The standard InChI is InChI=1S/C24H29N9O7S3/c1-6-8-39-29-14(13-11-42-21(25-13)27-23(38)40-24(3,4)7-2)17(34)26-15-18(35)33-16(20(36)37)12(9-41-19(15)33)10-43-22-28-30-31-32(22)5/h6,11,15,19H,1,7-10H2,2-5H3,(H,26,34)(H,36,37)(H,25,27,38)/b29-14-/t15?,19-/m1/s1. The van der Waals surface area contributed by atoms with Gasteiger partial charge in [-0.15, -0.1) is 28.2 Å². The molecule has 16 nitrogen and oxygen atoms in total. The Morgan fingerprint density at radius 2 is 2.14 bits per heavy atom. The summed E-state index contributed by atoms with van der Waals surface area (Å²) in [5, 5.41) is 31.7. The summed E-state index contributed by atoms with van der Waals surface area (Å²) < 4.78 is 6.83. The van der Waals surface area contributed by atoms with Crippen LogP contribution >= 0.6 is 34.9 Å². The van der Waals surface area contributed by atoms with Crippen molar-refractivity contribution in [2.24, 2.45) is 12.2 Å². The van der Waals surface area contributed by atoms with Crippen LogP contribution in [0.2, 0.25) is 0 Å². The maximum Gasteiger partial charge on any atom is 0.413 e. The molecule has 1 fully saturated rings. The van der Waals surface area contributed by atoms with Crippen LogP contribution in [0.15, 0.2) is 39.6 Å². The monoisotopic (exact) mass is 651 g/mol. The largest absolute Gasteiger partial charge is 0.477 e. The number of carboxylic acids is 1. The second kappa shape index (κ2) is 13.6. The minimum Gasteiger partial charge on any atom is -0.477 e. The molecule has 3 amide bonds. The number of tetrazole rings is 1. The second-order valence-electron chi connectivity index (χ2n) is 9.68. The molecule has 2 aromatic heterocycles. The number of nitrogens with zero attached hydrogens (tertiary/aromatic N) is 7. The third kappa shape index (κ3) is 7.34. The first-order chi connectivity index (χ1) is 20.5. The number of β-lactam (4-membered cyclic amide) rings is 1. The summed E-state index contributed by atoms with van der Waals surface area (Å²) in [7, 11) is 1.66. The van der Waals surface area contributed by atoms with Crippen molar-refractivity contribution >= 4 is 69.6 Å². The topological polar surface area (TPSA) is 203 Å². The van der Waals surface area contributed by atoms with E-state index in [-0.39, 0.29) is 34.6 Å². The summed E-state index contributed by atoms with van der Waals surface area (Å²) in [6.07, 6.45) is 1.32. The van der Waals surface area contributed by atoms with Gasteiger partial charge < -0.3 is 20.0 Å². The molecule has 2 aliphatic heterocycles. The Morgan fingerprint density at radius 3 is 2.79 bits per heavy atom. The number of hydrogen-bond acceptors (Lipinski definition) is 14. The first kappa shape index (κ1) is 32.0. The highest BCUT2D eigenvalue weighted by molar-refractivity contribution is 8.01. The Labute approximate surface area is 258 Å². The van der Waals surface area contributed by atoms with Crippen LogP contribution in [-0.2, 0) is 31.0 Å². The van der Waals surface area contributed by atoms with E-state index in [9.17, 15) is 24.3 Å². The van der Waals surface area contributed by atoms with E-state index in [0.717, 1.165) is 11.3 Å². The van der Waals surface area contributed by atoms with Crippen molar-refractivity contribution in [3.05, 3.63) is 35.0 Å². The highest BCUT2D eigenvalue weighted by atomic mass is 32.2. The van der Waals surface area contributed by atoms with Gasteiger partial charge in [-0.1, -0.05) is 36.5 Å². The van der Waals surface area contributed by atoms with Gasteiger partial charge >= 0.3 is 12.1 Å². The number of aliphatic carboxylic acids is 1. The average Bonchev–Trinajstić information content (AvgIpc) is 3.59. The van der Waals surface area contributed by atoms with Crippen LogP contribution < -0.4 is 10.6 Å². The SMILES string of the molecule is C=CCO/N=C(\C(=O)NC1C(=O)N2C(C(=O)O)=C(CSc3nnnn3C)CS[C@H]12)c1csc(NC(=O)OC(C)(C)CC)n1. The quantitative estimate of drug-likeness (QED) is 0.0708. The van der Waals surface area contributed by atoms with Crippen molar-refractivity contribution in [1.82, 2.24) is 35.4 Å². The number of oxime groups is 1. The summed E-state index contributed by atoms with van der Waals surface area (Å²) in [4.78, 5) is 61.5. The molecule has 4 heterocycles. The Kier molecular flexibility index (Phi) is 10.1. The zero-order valence-electron chi connectivity index (χ0n) is 23.6. The number of rotatable bonds is 13. The second-order valence-corrected chi connectivity index (χ2v) is 12.6. The number of fused-ring (bicyclic) bond motifs is 1. The molecule has 2 aromatic rings. The number of thiazole rings is 1. The Morgan fingerprint density at radius 1 is 1.37 bits per heavy atom. The minimum absolute atomic E-state index is 0.00296. The van der Waals surface area contributed by atoms with Crippen molar-refractivity contribution in [1.29, 1.82) is 0 Å². The summed E-state index contributed by atoms with van der Waals surface area (Å²) in [6.45, 7) is 8.97.